The molecule has 1 aliphatic carbocycles. The highest BCUT2D eigenvalue weighted by atomic mass is 35.5. The van der Waals surface area contributed by atoms with Crippen molar-refractivity contribution in [2.45, 2.75) is 82.3 Å². The smallest absolute Gasteiger partial charge is 0.306 e. The summed E-state index contributed by atoms with van der Waals surface area (Å²) in [5.41, 5.74) is 0. The van der Waals surface area contributed by atoms with E-state index in [-0.39, 0.29) is 29.3 Å². The number of carbonyl (C=O) groups excluding carboxylic acids is 1. The van der Waals surface area contributed by atoms with E-state index in [4.69, 9.17) is 16.3 Å². The minimum atomic E-state index is -0.538. The van der Waals surface area contributed by atoms with Gasteiger partial charge in [0, 0.05) is 18.3 Å². The summed E-state index contributed by atoms with van der Waals surface area (Å²) in [7, 11) is 0. The lowest BCUT2D eigenvalue weighted by atomic mass is 9.87. The molecule has 3 nitrogen and oxygen atoms in total. The predicted molar refractivity (Wildman–Crippen MR) is 88.9 cm³/mol. The number of halogens is 1. The van der Waals surface area contributed by atoms with E-state index >= 15 is 0 Å². The molecular weight excluding hydrogens is 300 g/mol. The van der Waals surface area contributed by atoms with E-state index in [1.54, 1.807) is 0 Å². The molecule has 0 unspecified atom stereocenters. The zero-order valence-electron chi connectivity index (χ0n) is 13.5. The van der Waals surface area contributed by atoms with Gasteiger partial charge in [-0.1, -0.05) is 38.3 Å². The lowest BCUT2D eigenvalue weighted by molar-refractivity contribution is -0.153. The minimum Gasteiger partial charge on any atom is -0.462 e. The SMILES string of the molecule is CC[C@@H]1OC(=O)CCCCCCC/C=C\[C@@H]2[C@@H](O)[C@H](Cl)C[C@H]21. The van der Waals surface area contributed by atoms with Gasteiger partial charge in [0.2, 0.25) is 0 Å². The molecule has 0 saturated heterocycles. The first-order valence-corrected chi connectivity index (χ1v) is 9.25. The standard InChI is InChI=1S/C18H29ClO3/c1-2-16-14-12-15(19)18(21)13(14)10-8-6-4-3-5-7-9-11-17(20)22-16/h8,10,13-16,18,21H,2-7,9,11-12H2,1H3/b10-8-/t13-,14+,15+,16-,18+/m0/s1. The fraction of sp³-hybridized carbons (Fsp3) is 0.833. The van der Waals surface area contributed by atoms with Gasteiger partial charge in [0.1, 0.15) is 6.10 Å². The normalized spacial score (nSPS) is 39.6. The summed E-state index contributed by atoms with van der Waals surface area (Å²) >= 11 is 6.28. The van der Waals surface area contributed by atoms with Crippen molar-refractivity contribution in [3.05, 3.63) is 12.2 Å². The Kier molecular flexibility index (Phi) is 7.23. The molecule has 0 aromatic rings. The fourth-order valence-electron chi connectivity index (χ4n) is 3.72. The summed E-state index contributed by atoms with van der Waals surface area (Å²) in [4.78, 5) is 12.0. The fourth-order valence-corrected chi connectivity index (χ4v) is 4.10. The van der Waals surface area contributed by atoms with Gasteiger partial charge in [-0.2, -0.15) is 0 Å². The molecule has 0 aromatic heterocycles. The molecule has 1 fully saturated rings. The Morgan fingerprint density at radius 2 is 2.00 bits per heavy atom. The molecule has 0 radical (unpaired) electrons. The minimum absolute atomic E-state index is 0.00295. The van der Waals surface area contributed by atoms with Crippen molar-refractivity contribution in [1.82, 2.24) is 0 Å². The van der Waals surface area contributed by atoms with Crippen LogP contribution in [0.2, 0.25) is 0 Å². The summed E-state index contributed by atoms with van der Waals surface area (Å²) in [6, 6.07) is 0. The van der Waals surface area contributed by atoms with Crippen molar-refractivity contribution in [1.29, 1.82) is 0 Å². The monoisotopic (exact) mass is 328 g/mol. The average Bonchev–Trinajstić information content (AvgIpc) is 2.78. The Hall–Kier alpha value is -0.540. The van der Waals surface area contributed by atoms with Crippen molar-refractivity contribution in [2.75, 3.05) is 0 Å². The molecule has 5 atom stereocenters. The van der Waals surface area contributed by atoms with Crippen molar-refractivity contribution in [3.63, 3.8) is 0 Å². The molecule has 126 valence electrons. The Morgan fingerprint density at radius 1 is 1.27 bits per heavy atom. The Balaban J connectivity index is 2.12. The highest BCUT2D eigenvalue weighted by Gasteiger charge is 2.44. The Bertz CT molecular complexity index is 383. The first-order valence-electron chi connectivity index (χ1n) is 8.81. The van der Waals surface area contributed by atoms with Crippen LogP contribution in [-0.4, -0.2) is 28.7 Å². The van der Waals surface area contributed by atoms with Crippen LogP contribution < -0.4 is 0 Å². The zero-order chi connectivity index (χ0) is 15.9. The summed E-state index contributed by atoms with van der Waals surface area (Å²) in [6.45, 7) is 2.04. The first-order chi connectivity index (χ1) is 10.6. The first kappa shape index (κ1) is 17.8. The molecule has 0 bridgehead atoms. The summed E-state index contributed by atoms with van der Waals surface area (Å²) in [5, 5.41) is 10.1. The number of esters is 1. The van der Waals surface area contributed by atoms with Crippen molar-refractivity contribution >= 4 is 17.6 Å². The van der Waals surface area contributed by atoms with Gasteiger partial charge in [-0.3, -0.25) is 4.79 Å². The topological polar surface area (TPSA) is 46.5 Å². The van der Waals surface area contributed by atoms with Gasteiger partial charge in [-0.25, -0.2) is 0 Å². The van der Waals surface area contributed by atoms with E-state index in [0.717, 1.165) is 25.7 Å². The quantitative estimate of drug-likeness (QED) is 0.445. The number of fused-ring (bicyclic) bond motifs is 1. The number of allylic oxidation sites excluding steroid dienone is 1. The highest BCUT2D eigenvalue weighted by molar-refractivity contribution is 6.21. The molecule has 1 N–H and O–H groups in total. The van der Waals surface area contributed by atoms with Crippen molar-refractivity contribution in [3.8, 4) is 0 Å². The summed E-state index contributed by atoms with van der Waals surface area (Å²) in [5.74, 6) is 0.0352. The molecule has 2 aliphatic rings. The lowest BCUT2D eigenvalue weighted by Crippen LogP contribution is -2.31. The van der Waals surface area contributed by atoms with Gasteiger partial charge in [0.15, 0.2) is 0 Å². The van der Waals surface area contributed by atoms with E-state index in [2.05, 4.69) is 12.2 Å². The molecule has 4 heteroatoms. The van der Waals surface area contributed by atoms with E-state index in [1.165, 1.54) is 19.3 Å². The van der Waals surface area contributed by atoms with E-state index < -0.39 is 6.10 Å². The van der Waals surface area contributed by atoms with E-state index in [9.17, 15) is 9.90 Å². The van der Waals surface area contributed by atoms with Gasteiger partial charge >= 0.3 is 5.97 Å². The summed E-state index contributed by atoms with van der Waals surface area (Å²) < 4.78 is 5.71. The molecule has 0 spiro atoms. The van der Waals surface area contributed by atoms with Crippen LogP contribution in [0, 0.1) is 11.8 Å². The van der Waals surface area contributed by atoms with Gasteiger partial charge < -0.3 is 9.84 Å². The maximum absolute atomic E-state index is 12.0. The van der Waals surface area contributed by atoms with Gasteiger partial charge in [0.25, 0.3) is 0 Å². The largest absolute Gasteiger partial charge is 0.462 e. The second-order valence-corrected chi connectivity index (χ2v) is 7.22. The third kappa shape index (κ3) is 4.73. The van der Waals surface area contributed by atoms with Gasteiger partial charge in [-0.15, -0.1) is 11.6 Å². The number of carbonyl (C=O) groups is 1. The number of ether oxygens (including phenoxy) is 1. The molecule has 0 amide bonds. The zero-order valence-corrected chi connectivity index (χ0v) is 14.3. The van der Waals surface area contributed by atoms with Crippen LogP contribution in [0.4, 0.5) is 0 Å². The number of aliphatic hydroxyl groups is 1. The third-order valence-corrected chi connectivity index (χ3v) is 5.47. The molecule has 1 aliphatic heterocycles. The van der Waals surface area contributed by atoms with Crippen LogP contribution in [0.5, 0.6) is 0 Å². The van der Waals surface area contributed by atoms with Crippen LogP contribution >= 0.6 is 11.6 Å². The number of cyclic esters (lactones) is 1. The molecule has 22 heavy (non-hydrogen) atoms. The van der Waals surface area contributed by atoms with E-state index in [0.29, 0.717) is 12.8 Å². The van der Waals surface area contributed by atoms with Crippen LogP contribution in [0.25, 0.3) is 0 Å². The maximum Gasteiger partial charge on any atom is 0.306 e. The van der Waals surface area contributed by atoms with Crippen LogP contribution in [-0.2, 0) is 9.53 Å². The Morgan fingerprint density at radius 3 is 2.77 bits per heavy atom. The van der Waals surface area contributed by atoms with Crippen molar-refractivity contribution < 1.29 is 14.6 Å². The molecule has 2 rings (SSSR count). The van der Waals surface area contributed by atoms with Crippen LogP contribution in [0.1, 0.15) is 64.7 Å². The summed E-state index contributed by atoms with van der Waals surface area (Å²) in [6.07, 6.45) is 12.2. The predicted octanol–water partition coefficient (Wildman–Crippen LogP) is 4.21. The highest BCUT2D eigenvalue weighted by Crippen LogP contribution is 2.40. The number of hydrogen-bond donors (Lipinski definition) is 1. The second-order valence-electron chi connectivity index (χ2n) is 6.65. The average molecular weight is 329 g/mol. The van der Waals surface area contributed by atoms with Crippen LogP contribution in [0.3, 0.4) is 0 Å². The number of aliphatic hydroxyl groups excluding tert-OH is 1. The maximum atomic E-state index is 12.0. The lowest BCUT2D eigenvalue weighted by Gasteiger charge is -2.27. The molecule has 1 saturated carbocycles. The van der Waals surface area contributed by atoms with Crippen LogP contribution in [0.15, 0.2) is 12.2 Å². The van der Waals surface area contributed by atoms with Gasteiger partial charge in [-0.05, 0) is 32.1 Å². The number of hydrogen-bond acceptors (Lipinski definition) is 3. The number of rotatable bonds is 1. The molecule has 1 heterocycles. The molecule has 0 aromatic carbocycles. The second kappa shape index (κ2) is 8.93. The Labute approximate surface area is 139 Å². The number of alkyl halides is 1. The van der Waals surface area contributed by atoms with Gasteiger partial charge in [0.05, 0.1) is 11.5 Å². The molecular formula is C18H29ClO3. The van der Waals surface area contributed by atoms with Crippen molar-refractivity contribution in [2.24, 2.45) is 11.8 Å². The van der Waals surface area contributed by atoms with E-state index in [1.807, 2.05) is 6.92 Å². The third-order valence-electron chi connectivity index (χ3n) is 5.03.